The van der Waals surface area contributed by atoms with E-state index in [2.05, 4.69) is 9.97 Å². The monoisotopic (exact) mass is 615 g/mol. The molecular weight excluding hydrogens is 590 g/mol. The SMILES string of the molecule is NC(=O)CC1CN(S(=O)(=O)/C=C/c2ccc(Cl)cc2O)CC(CC(N)=O)N1C(=O)c1cnc(-c2cc[n+]([O-])cc2)nc1. The van der Waals surface area contributed by atoms with Gasteiger partial charge in [-0.3, -0.25) is 14.4 Å². The van der Waals surface area contributed by atoms with E-state index in [9.17, 15) is 33.1 Å². The Hall–Kier alpha value is -4.60. The molecule has 5 N–H and O–H groups in total. The van der Waals surface area contributed by atoms with Crippen molar-refractivity contribution in [3.8, 4) is 17.1 Å². The molecule has 3 heterocycles. The molecular formula is C26H26ClN7O7S. The molecule has 1 fully saturated rings. The summed E-state index contributed by atoms with van der Waals surface area (Å²) >= 11 is 5.83. The van der Waals surface area contributed by atoms with Gasteiger partial charge in [0.25, 0.3) is 5.91 Å². The van der Waals surface area contributed by atoms with Crippen molar-refractivity contribution in [3.63, 3.8) is 0 Å². The van der Waals surface area contributed by atoms with Gasteiger partial charge in [0.1, 0.15) is 5.75 Å². The number of hydrogen-bond donors (Lipinski definition) is 3. The third-order valence-corrected chi connectivity index (χ3v) is 8.19. The van der Waals surface area contributed by atoms with Crippen LogP contribution in [-0.4, -0.2) is 75.6 Å². The van der Waals surface area contributed by atoms with E-state index in [4.69, 9.17) is 23.1 Å². The van der Waals surface area contributed by atoms with Gasteiger partial charge in [-0.05, 0) is 24.3 Å². The fraction of sp³-hybridized carbons (Fsp3) is 0.231. The zero-order chi connectivity index (χ0) is 30.6. The highest BCUT2D eigenvalue weighted by molar-refractivity contribution is 7.92. The number of amides is 3. The summed E-state index contributed by atoms with van der Waals surface area (Å²) in [5.74, 6) is -2.27. The van der Waals surface area contributed by atoms with Crippen LogP contribution < -0.4 is 16.2 Å². The minimum absolute atomic E-state index is 0.00641. The topological polar surface area (TPSA) is 217 Å². The lowest BCUT2D eigenvalue weighted by Crippen LogP contribution is -2.62. The Morgan fingerprint density at radius 2 is 1.62 bits per heavy atom. The van der Waals surface area contributed by atoms with Crippen molar-refractivity contribution in [1.29, 1.82) is 0 Å². The van der Waals surface area contributed by atoms with E-state index < -0.39 is 52.7 Å². The summed E-state index contributed by atoms with van der Waals surface area (Å²) < 4.78 is 28.2. The quantitative estimate of drug-likeness (QED) is 0.223. The Labute approximate surface area is 245 Å². The van der Waals surface area contributed by atoms with Gasteiger partial charge in [0, 0.05) is 72.0 Å². The van der Waals surface area contributed by atoms with Crippen LogP contribution in [0.25, 0.3) is 17.5 Å². The molecule has 0 spiro atoms. The van der Waals surface area contributed by atoms with Crippen LogP contribution in [0, 0.1) is 5.21 Å². The fourth-order valence-corrected chi connectivity index (χ4v) is 5.97. The zero-order valence-electron chi connectivity index (χ0n) is 21.9. The molecule has 3 amide bonds. The average Bonchev–Trinajstić information content (AvgIpc) is 2.92. The van der Waals surface area contributed by atoms with Gasteiger partial charge in [-0.25, -0.2) is 18.4 Å². The number of carbonyl (C=O) groups excluding carboxylic acids is 3. The van der Waals surface area contributed by atoms with E-state index in [1.54, 1.807) is 0 Å². The van der Waals surface area contributed by atoms with Crippen LogP contribution in [0.4, 0.5) is 0 Å². The molecule has 4 rings (SSSR count). The second-order valence-electron chi connectivity index (χ2n) is 9.47. The predicted octanol–water partition coefficient (Wildman–Crippen LogP) is 0.383. The predicted molar refractivity (Wildman–Crippen MR) is 150 cm³/mol. The number of aromatic hydroxyl groups is 1. The van der Waals surface area contributed by atoms with Gasteiger partial charge in [-0.15, -0.1) is 0 Å². The number of primary amides is 2. The number of nitrogens with two attached hydrogens (primary N) is 2. The summed E-state index contributed by atoms with van der Waals surface area (Å²) in [6.07, 6.45) is 5.38. The van der Waals surface area contributed by atoms with Crippen molar-refractivity contribution in [2.75, 3.05) is 13.1 Å². The van der Waals surface area contributed by atoms with E-state index in [0.717, 1.165) is 9.71 Å². The van der Waals surface area contributed by atoms with Gasteiger partial charge in [-0.2, -0.15) is 9.04 Å². The van der Waals surface area contributed by atoms with Crippen molar-refractivity contribution in [1.82, 2.24) is 19.2 Å². The summed E-state index contributed by atoms with van der Waals surface area (Å²) in [6, 6.07) is 5.04. The van der Waals surface area contributed by atoms with Crippen molar-refractivity contribution < 1.29 is 32.6 Å². The first-order valence-corrected chi connectivity index (χ1v) is 14.3. The number of sulfonamides is 1. The van der Waals surface area contributed by atoms with Crippen LogP contribution in [-0.2, 0) is 19.6 Å². The molecule has 0 radical (unpaired) electrons. The van der Waals surface area contributed by atoms with Gasteiger partial charge in [0.05, 0.1) is 17.6 Å². The Morgan fingerprint density at radius 3 is 2.14 bits per heavy atom. The Morgan fingerprint density at radius 1 is 1.05 bits per heavy atom. The molecule has 16 heteroatoms. The number of hydrogen-bond acceptors (Lipinski definition) is 9. The molecule has 1 saturated heterocycles. The van der Waals surface area contributed by atoms with E-state index in [1.807, 2.05) is 0 Å². The first-order chi connectivity index (χ1) is 19.8. The molecule has 220 valence electrons. The number of nitrogens with zero attached hydrogens (tertiary/aromatic N) is 5. The standard InChI is InChI=1S/C26H26ClN7O7S/c27-19-2-1-16(22(35)9-19)5-8-42(40,41)33-14-20(10-23(28)36)34(21(15-33)11-24(29)37)26(38)18-12-30-25(31-13-18)17-3-6-32(39)7-4-17/h1-9,12-13,20-21,35H,10-11,14-15H2,(H2,28,36)(H2,29,37)/b8-5+. The van der Waals surface area contributed by atoms with E-state index in [1.165, 1.54) is 66.1 Å². The third-order valence-electron chi connectivity index (χ3n) is 6.45. The number of carbonyl (C=O) groups is 3. The lowest BCUT2D eigenvalue weighted by Gasteiger charge is -2.45. The van der Waals surface area contributed by atoms with E-state index >= 15 is 0 Å². The lowest BCUT2D eigenvalue weighted by atomic mass is 10.0. The van der Waals surface area contributed by atoms with Gasteiger partial charge in [0.15, 0.2) is 18.2 Å². The summed E-state index contributed by atoms with van der Waals surface area (Å²) in [4.78, 5) is 47.2. The van der Waals surface area contributed by atoms with Gasteiger partial charge in [0.2, 0.25) is 21.8 Å². The van der Waals surface area contributed by atoms with Crippen molar-refractivity contribution in [2.45, 2.75) is 24.9 Å². The molecule has 3 aromatic rings. The number of halogens is 1. The Kier molecular flexibility index (Phi) is 9.04. The lowest BCUT2D eigenvalue weighted by molar-refractivity contribution is -0.605. The molecule has 2 unspecified atom stereocenters. The Bertz CT molecular complexity index is 1610. The van der Waals surface area contributed by atoms with Crippen LogP contribution in [0.15, 0.2) is 60.5 Å². The van der Waals surface area contributed by atoms with Crippen LogP contribution in [0.5, 0.6) is 5.75 Å². The highest BCUT2D eigenvalue weighted by Gasteiger charge is 2.42. The Balaban J connectivity index is 1.64. The van der Waals surface area contributed by atoms with E-state index in [0.29, 0.717) is 10.3 Å². The highest BCUT2D eigenvalue weighted by Crippen LogP contribution is 2.27. The van der Waals surface area contributed by atoms with Crippen LogP contribution in [0.2, 0.25) is 5.02 Å². The fourth-order valence-electron chi connectivity index (χ4n) is 4.55. The normalized spacial score (nSPS) is 17.8. The van der Waals surface area contributed by atoms with Crippen molar-refractivity contribution >= 4 is 45.4 Å². The number of phenols is 1. The molecule has 42 heavy (non-hydrogen) atoms. The summed E-state index contributed by atoms with van der Waals surface area (Å²) in [7, 11) is -4.18. The number of aromatic nitrogens is 3. The van der Waals surface area contributed by atoms with Crippen LogP contribution >= 0.6 is 11.6 Å². The average molecular weight is 616 g/mol. The van der Waals surface area contributed by atoms with Gasteiger partial charge in [-0.1, -0.05) is 11.6 Å². The van der Waals surface area contributed by atoms with Gasteiger partial charge >= 0.3 is 0 Å². The maximum Gasteiger partial charge on any atom is 0.257 e. The smallest absolute Gasteiger partial charge is 0.257 e. The molecule has 2 atom stereocenters. The second kappa shape index (κ2) is 12.5. The molecule has 0 saturated carbocycles. The number of piperazine rings is 1. The first-order valence-electron chi connectivity index (χ1n) is 12.4. The zero-order valence-corrected chi connectivity index (χ0v) is 23.5. The largest absolute Gasteiger partial charge is 0.619 e. The van der Waals surface area contributed by atoms with Crippen LogP contribution in [0.1, 0.15) is 28.8 Å². The van der Waals surface area contributed by atoms with Crippen molar-refractivity contribution in [2.24, 2.45) is 11.5 Å². The number of phenolic OH excluding ortho intramolecular Hbond substituents is 1. The molecule has 1 aliphatic rings. The number of pyridine rings is 1. The summed E-state index contributed by atoms with van der Waals surface area (Å²) in [5, 5.41) is 22.5. The molecule has 14 nitrogen and oxygen atoms in total. The third kappa shape index (κ3) is 7.18. The molecule has 0 bridgehead atoms. The summed E-state index contributed by atoms with van der Waals surface area (Å²) in [6.45, 7) is -0.636. The maximum absolute atomic E-state index is 13.7. The number of rotatable bonds is 9. The minimum Gasteiger partial charge on any atom is -0.619 e. The molecule has 1 aliphatic heterocycles. The minimum atomic E-state index is -4.18. The van der Waals surface area contributed by atoms with Gasteiger partial charge < -0.3 is 26.7 Å². The molecule has 0 aliphatic carbocycles. The molecule has 2 aromatic heterocycles. The second-order valence-corrected chi connectivity index (χ2v) is 11.7. The molecule has 1 aromatic carbocycles. The van der Waals surface area contributed by atoms with Crippen LogP contribution in [0.3, 0.4) is 0 Å². The maximum atomic E-state index is 13.7. The highest BCUT2D eigenvalue weighted by atomic mass is 35.5. The summed E-state index contributed by atoms with van der Waals surface area (Å²) in [5.41, 5.74) is 11.6. The number of benzene rings is 1. The van der Waals surface area contributed by atoms with E-state index in [-0.39, 0.29) is 40.8 Å². The first kappa shape index (κ1) is 30.4. The van der Waals surface area contributed by atoms with Crippen molar-refractivity contribution in [3.05, 3.63) is 81.9 Å².